The number of sulfone groups is 1. The highest BCUT2D eigenvalue weighted by atomic mass is 35.5. The molecule has 1 heterocycles. The van der Waals surface area contributed by atoms with E-state index >= 15 is 0 Å². The standard InChI is InChI=1S/C21H23ClFNO4S/c1-2-15-6-8-17(9-7-15)28-13-21(25)24(16-10-11-29(26,27)14-16)12-18-19(22)4-3-5-20(18)23/h3-9,16H,2,10-14H2,1H3. The third-order valence-electron chi connectivity index (χ3n) is 5.05. The van der Waals surface area contributed by atoms with Crippen LogP contribution in [0.5, 0.6) is 5.75 Å². The fourth-order valence-electron chi connectivity index (χ4n) is 3.35. The monoisotopic (exact) mass is 439 g/mol. The van der Waals surface area contributed by atoms with Gasteiger partial charge in [-0.2, -0.15) is 0 Å². The Kier molecular flexibility index (Phi) is 6.80. The van der Waals surface area contributed by atoms with E-state index in [1.807, 2.05) is 19.1 Å². The highest BCUT2D eigenvalue weighted by Crippen LogP contribution is 2.25. The van der Waals surface area contributed by atoms with Gasteiger partial charge < -0.3 is 9.64 Å². The molecule has 1 aliphatic heterocycles. The molecule has 0 aromatic heterocycles. The van der Waals surface area contributed by atoms with Crippen molar-refractivity contribution in [1.82, 2.24) is 4.90 Å². The van der Waals surface area contributed by atoms with Crippen molar-refractivity contribution in [2.45, 2.75) is 32.4 Å². The summed E-state index contributed by atoms with van der Waals surface area (Å²) in [5.41, 5.74) is 1.31. The van der Waals surface area contributed by atoms with Crippen LogP contribution >= 0.6 is 11.6 Å². The molecule has 1 aliphatic rings. The van der Waals surface area contributed by atoms with E-state index in [2.05, 4.69) is 0 Å². The van der Waals surface area contributed by atoms with Crippen molar-refractivity contribution in [1.29, 1.82) is 0 Å². The summed E-state index contributed by atoms with van der Waals surface area (Å²) in [6, 6.07) is 11.2. The van der Waals surface area contributed by atoms with E-state index in [0.29, 0.717) is 12.2 Å². The van der Waals surface area contributed by atoms with E-state index < -0.39 is 27.6 Å². The van der Waals surface area contributed by atoms with Gasteiger partial charge in [-0.15, -0.1) is 0 Å². The zero-order valence-electron chi connectivity index (χ0n) is 16.1. The van der Waals surface area contributed by atoms with Crippen LogP contribution < -0.4 is 4.74 Å². The average molecular weight is 440 g/mol. The lowest BCUT2D eigenvalue weighted by molar-refractivity contribution is -0.136. The van der Waals surface area contributed by atoms with Gasteiger partial charge in [0, 0.05) is 16.6 Å². The molecule has 1 fully saturated rings. The Hall–Kier alpha value is -2.12. The van der Waals surface area contributed by atoms with Crippen molar-refractivity contribution in [2.24, 2.45) is 0 Å². The van der Waals surface area contributed by atoms with Gasteiger partial charge in [0.1, 0.15) is 11.6 Å². The molecule has 0 N–H and O–H groups in total. The van der Waals surface area contributed by atoms with Crippen molar-refractivity contribution in [3.05, 3.63) is 64.4 Å². The predicted molar refractivity (Wildman–Crippen MR) is 110 cm³/mol. The molecule has 2 aromatic rings. The summed E-state index contributed by atoms with van der Waals surface area (Å²) in [4.78, 5) is 14.3. The van der Waals surface area contributed by atoms with Gasteiger partial charge in [-0.1, -0.05) is 36.7 Å². The molecule has 0 saturated carbocycles. The quantitative estimate of drug-likeness (QED) is 0.660. The molecular formula is C21H23ClFNO4S. The van der Waals surface area contributed by atoms with Crippen LogP contribution in [-0.2, 0) is 27.6 Å². The summed E-state index contributed by atoms with van der Waals surface area (Å²) in [6.07, 6.45) is 1.21. The molecule has 1 amide bonds. The second-order valence-electron chi connectivity index (χ2n) is 7.06. The minimum Gasteiger partial charge on any atom is -0.484 e. The first-order valence-electron chi connectivity index (χ1n) is 9.43. The minimum atomic E-state index is -3.22. The zero-order valence-corrected chi connectivity index (χ0v) is 17.7. The molecule has 0 aliphatic carbocycles. The number of rotatable bonds is 7. The fraction of sp³-hybridized carbons (Fsp3) is 0.381. The number of halogens is 2. The van der Waals surface area contributed by atoms with Crippen molar-refractivity contribution in [2.75, 3.05) is 18.1 Å². The predicted octanol–water partition coefficient (Wildman–Crippen LogP) is 3.64. The molecule has 0 radical (unpaired) electrons. The second-order valence-corrected chi connectivity index (χ2v) is 9.70. The van der Waals surface area contributed by atoms with Gasteiger partial charge >= 0.3 is 0 Å². The van der Waals surface area contributed by atoms with Gasteiger partial charge in [-0.05, 0) is 42.7 Å². The molecule has 1 saturated heterocycles. The summed E-state index contributed by atoms with van der Waals surface area (Å²) in [5, 5.41) is 0.194. The van der Waals surface area contributed by atoms with E-state index in [4.69, 9.17) is 16.3 Å². The molecule has 5 nitrogen and oxygen atoms in total. The first kappa shape index (κ1) is 21.6. The number of aryl methyl sites for hydroxylation is 1. The maximum absolute atomic E-state index is 14.3. The molecule has 0 spiro atoms. The van der Waals surface area contributed by atoms with E-state index in [1.165, 1.54) is 17.0 Å². The Morgan fingerprint density at radius 2 is 1.97 bits per heavy atom. The van der Waals surface area contributed by atoms with Gasteiger partial charge in [-0.3, -0.25) is 4.79 Å². The van der Waals surface area contributed by atoms with Crippen LogP contribution in [0.1, 0.15) is 24.5 Å². The number of hydrogen-bond acceptors (Lipinski definition) is 4. The third kappa shape index (κ3) is 5.48. The zero-order chi connectivity index (χ0) is 21.0. The van der Waals surface area contributed by atoms with Gasteiger partial charge in [0.15, 0.2) is 16.4 Å². The van der Waals surface area contributed by atoms with Crippen LogP contribution in [0.15, 0.2) is 42.5 Å². The number of amides is 1. The number of carbonyl (C=O) groups excluding carboxylic acids is 1. The average Bonchev–Trinajstić information content (AvgIpc) is 3.05. The normalized spacial score (nSPS) is 17.8. The first-order valence-corrected chi connectivity index (χ1v) is 11.6. The number of hydrogen-bond donors (Lipinski definition) is 0. The summed E-state index contributed by atoms with van der Waals surface area (Å²) in [5.74, 6) is -0.543. The van der Waals surface area contributed by atoms with Gasteiger partial charge in [0.05, 0.1) is 18.1 Å². The van der Waals surface area contributed by atoms with Crippen LogP contribution in [0, 0.1) is 5.82 Å². The summed E-state index contributed by atoms with van der Waals surface area (Å²) in [6.45, 7) is 1.66. The van der Waals surface area contributed by atoms with Crippen LogP contribution in [-0.4, -0.2) is 43.4 Å². The molecule has 0 bridgehead atoms. The van der Waals surface area contributed by atoms with Gasteiger partial charge in [-0.25, -0.2) is 12.8 Å². The number of nitrogens with zero attached hydrogens (tertiary/aromatic N) is 1. The Morgan fingerprint density at radius 3 is 2.55 bits per heavy atom. The van der Waals surface area contributed by atoms with E-state index in [9.17, 15) is 17.6 Å². The highest BCUT2D eigenvalue weighted by molar-refractivity contribution is 7.91. The molecule has 2 aromatic carbocycles. The number of carbonyl (C=O) groups is 1. The Morgan fingerprint density at radius 1 is 1.24 bits per heavy atom. The van der Waals surface area contributed by atoms with Crippen LogP contribution in [0.25, 0.3) is 0 Å². The first-order chi connectivity index (χ1) is 13.8. The van der Waals surface area contributed by atoms with E-state index in [0.717, 1.165) is 12.0 Å². The summed E-state index contributed by atoms with van der Waals surface area (Å²) < 4.78 is 43.7. The Labute approximate surface area is 175 Å². The van der Waals surface area contributed by atoms with Crippen LogP contribution in [0.2, 0.25) is 5.02 Å². The lowest BCUT2D eigenvalue weighted by Gasteiger charge is -2.29. The van der Waals surface area contributed by atoms with Crippen molar-refractivity contribution >= 4 is 27.3 Å². The smallest absolute Gasteiger partial charge is 0.261 e. The summed E-state index contributed by atoms with van der Waals surface area (Å²) in [7, 11) is -3.22. The highest BCUT2D eigenvalue weighted by Gasteiger charge is 2.35. The maximum atomic E-state index is 14.3. The maximum Gasteiger partial charge on any atom is 0.261 e. The summed E-state index contributed by atoms with van der Waals surface area (Å²) >= 11 is 6.12. The SMILES string of the molecule is CCc1ccc(OCC(=O)N(Cc2c(F)cccc2Cl)C2CCS(=O)(=O)C2)cc1. The Bertz CT molecular complexity index is 958. The number of ether oxygens (including phenoxy) is 1. The Balaban J connectivity index is 1.77. The van der Waals surface area contributed by atoms with Gasteiger partial charge in [0.25, 0.3) is 5.91 Å². The largest absolute Gasteiger partial charge is 0.484 e. The molecule has 3 rings (SSSR count). The van der Waals surface area contributed by atoms with Crippen molar-refractivity contribution < 1.29 is 22.3 Å². The lowest BCUT2D eigenvalue weighted by atomic mass is 10.1. The topological polar surface area (TPSA) is 63.7 Å². The molecule has 1 unspecified atom stereocenters. The second kappa shape index (κ2) is 9.13. The third-order valence-corrected chi connectivity index (χ3v) is 7.16. The van der Waals surface area contributed by atoms with E-state index in [-0.39, 0.29) is 35.2 Å². The van der Waals surface area contributed by atoms with Crippen molar-refractivity contribution in [3.8, 4) is 5.75 Å². The lowest BCUT2D eigenvalue weighted by Crippen LogP contribution is -2.43. The molecule has 8 heteroatoms. The molecule has 156 valence electrons. The van der Waals surface area contributed by atoms with Crippen molar-refractivity contribution in [3.63, 3.8) is 0 Å². The molecule has 1 atom stereocenters. The molecular weight excluding hydrogens is 417 g/mol. The molecule has 29 heavy (non-hydrogen) atoms. The van der Waals surface area contributed by atoms with E-state index in [1.54, 1.807) is 18.2 Å². The fourth-order valence-corrected chi connectivity index (χ4v) is 5.30. The number of benzene rings is 2. The minimum absolute atomic E-state index is 0.00574. The van der Waals surface area contributed by atoms with Crippen LogP contribution in [0.4, 0.5) is 4.39 Å². The van der Waals surface area contributed by atoms with Gasteiger partial charge in [0.2, 0.25) is 0 Å². The van der Waals surface area contributed by atoms with Crippen LogP contribution in [0.3, 0.4) is 0 Å².